The Morgan fingerprint density at radius 3 is 2.69 bits per heavy atom. The van der Waals surface area contributed by atoms with Crippen LogP contribution in [-0.4, -0.2) is 53.2 Å². The van der Waals surface area contributed by atoms with Crippen LogP contribution in [0, 0.1) is 0 Å². The number of rotatable bonds is 8. The summed E-state index contributed by atoms with van der Waals surface area (Å²) >= 11 is 6.30. The summed E-state index contributed by atoms with van der Waals surface area (Å²) in [6.07, 6.45) is 2.55. The van der Waals surface area contributed by atoms with E-state index < -0.39 is 5.97 Å². The Kier molecular flexibility index (Phi) is 6.80. The maximum Gasteiger partial charge on any atom is 0.354 e. The molecule has 3 rings (SSSR count). The number of aromatic nitrogens is 2. The molecule has 150 valence electrons. The van der Waals surface area contributed by atoms with Crippen molar-refractivity contribution in [2.45, 2.75) is 6.42 Å². The van der Waals surface area contributed by atoms with Gasteiger partial charge in [0.2, 0.25) is 0 Å². The molecular formula is C22H22ClN3O3. The first kappa shape index (κ1) is 20.8. The molecule has 6 nitrogen and oxygen atoms in total. The van der Waals surface area contributed by atoms with Gasteiger partial charge >= 0.3 is 5.97 Å². The van der Waals surface area contributed by atoms with Crippen molar-refractivity contribution in [1.29, 1.82) is 0 Å². The molecule has 1 aromatic carbocycles. The highest BCUT2D eigenvalue weighted by molar-refractivity contribution is 6.32. The van der Waals surface area contributed by atoms with Gasteiger partial charge < -0.3 is 14.7 Å². The fourth-order valence-electron chi connectivity index (χ4n) is 2.85. The number of pyridine rings is 2. The molecule has 2 heterocycles. The minimum absolute atomic E-state index is 0.0388. The molecular weight excluding hydrogens is 390 g/mol. The molecule has 0 atom stereocenters. The van der Waals surface area contributed by atoms with Crippen LogP contribution in [-0.2, 0) is 0 Å². The third kappa shape index (κ3) is 5.31. The SMILES string of the molecule is CN(C)CCCOc1cc(-c2nc(C(=O)O)ccc2-c2ccccn2)ccc1Cl. The Morgan fingerprint density at radius 2 is 2.00 bits per heavy atom. The molecule has 2 aromatic heterocycles. The normalized spacial score (nSPS) is 10.9. The van der Waals surface area contributed by atoms with E-state index in [0.717, 1.165) is 18.5 Å². The Morgan fingerprint density at radius 1 is 1.17 bits per heavy atom. The van der Waals surface area contributed by atoms with Gasteiger partial charge in [-0.1, -0.05) is 23.7 Å². The van der Waals surface area contributed by atoms with Gasteiger partial charge in [0.1, 0.15) is 11.4 Å². The molecule has 0 saturated heterocycles. The zero-order valence-corrected chi connectivity index (χ0v) is 17.1. The number of halogens is 1. The number of carbonyl (C=O) groups is 1. The van der Waals surface area contributed by atoms with Gasteiger partial charge in [-0.15, -0.1) is 0 Å². The van der Waals surface area contributed by atoms with Crippen LogP contribution in [0.15, 0.2) is 54.7 Å². The molecule has 0 unspecified atom stereocenters. The highest BCUT2D eigenvalue weighted by Crippen LogP contribution is 2.34. The van der Waals surface area contributed by atoms with Crippen LogP contribution in [0.1, 0.15) is 16.9 Å². The van der Waals surface area contributed by atoms with Crippen molar-refractivity contribution in [1.82, 2.24) is 14.9 Å². The molecule has 0 saturated carbocycles. The van der Waals surface area contributed by atoms with Crippen molar-refractivity contribution in [3.05, 3.63) is 65.4 Å². The Balaban J connectivity index is 1.99. The van der Waals surface area contributed by atoms with Gasteiger partial charge in [0, 0.05) is 23.9 Å². The maximum atomic E-state index is 11.5. The van der Waals surface area contributed by atoms with Gasteiger partial charge in [0.05, 0.1) is 23.0 Å². The van der Waals surface area contributed by atoms with Crippen molar-refractivity contribution in [3.8, 4) is 28.3 Å². The number of carboxylic acids is 1. The van der Waals surface area contributed by atoms with Crippen LogP contribution < -0.4 is 4.74 Å². The molecule has 1 N–H and O–H groups in total. The van der Waals surface area contributed by atoms with Crippen LogP contribution in [0.3, 0.4) is 0 Å². The monoisotopic (exact) mass is 411 g/mol. The van der Waals surface area contributed by atoms with Gasteiger partial charge in [-0.2, -0.15) is 0 Å². The number of carboxylic acid groups (broad SMARTS) is 1. The van der Waals surface area contributed by atoms with E-state index in [1.54, 1.807) is 30.5 Å². The van der Waals surface area contributed by atoms with E-state index in [4.69, 9.17) is 16.3 Å². The number of benzene rings is 1. The number of aromatic carboxylic acids is 1. The average Bonchev–Trinajstić information content (AvgIpc) is 2.72. The van der Waals surface area contributed by atoms with Crippen molar-refractivity contribution in [3.63, 3.8) is 0 Å². The second-order valence-electron chi connectivity index (χ2n) is 6.76. The van der Waals surface area contributed by atoms with E-state index >= 15 is 0 Å². The van der Waals surface area contributed by atoms with E-state index in [0.29, 0.717) is 34.3 Å². The lowest BCUT2D eigenvalue weighted by molar-refractivity contribution is 0.0690. The fourth-order valence-corrected chi connectivity index (χ4v) is 3.02. The topological polar surface area (TPSA) is 75.5 Å². The molecule has 0 radical (unpaired) electrons. The average molecular weight is 412 g/mol. The highest BCUT2D eigenvalue weighted by atomic mass is 35.5. The van der Waals surface area contributed by atoms with E-state index in [1.807, 2.05) is 32.3 Å². The third-order valence-electron chi connectivity index (χ3n) is 4.27. The van der Waals surface area contributed by atoms with Gasteiger partial charge in [-0.05, 0) is 56.9 Å². The third-order valence-corrected chi connectivity index (χ3v) is 4.58. The smallest absolute Gasteiger partial charge is 0.354 e. The summed E-state index contributed by atoms with van der Waals surface area (Å²) in [6, 6.07) is 14.1. The maximum absolute atomic E-state index is 11.5. The van der Waals surface area contributed by atoms with E-state index in [1.165, 1.54) is 6.07 Å². The summed E-state index contributed by atoms with van der Waals surface area (Å²) in [5.74, 6) is -0.551. The van der Waals surface area contributed by atoms with Crippen LogP contribution in [0.25, 0.3) is 22.5 Å². The summed E-state index contributed by atoms with van der Waals surface area (Å²) in [4.78, 5) is 22.3. The summed E-state index contributed by atoms with van der Waals surface area (Å²) < 4.78 is 5.85. The lowest BCUT2D eigenvalue weighted by Crippen LogP contribution is -2.15. The molecule has 0 fully saturated rings. The Bertz CT molecular complexity index is 994. The molecule has 7 heteroatoms. The van der Waals surface area contributed by atoms with Crippen LogP contribution >= 0.6 is 11.6 Å². The minimum Gasteiger partial charge on any atom is -0.492 e. The molecule has 0 aliphatic heterocycles. The summed E-state index contributed by atoms with van der Waals surface area (Å²) in [6.45, 7) is 1.43. The van der Waals surface area contributed by atoms with Crippen molar-refractivity contribution in [2.24, 2.45) is 0 Å². The Hall–Kier alpha value is -2.96. The first-order valence-electron chi connectivity index (χ1n) is 9.19. The molecule has 29 heavy (non-hydrogen) atoms. The highest BCUT2D eigenvalue weighted by Gasteiger charge is 2.16. The molecule has 0 amide bonds. The van der Waals surface area contributed by atoms with Crippen LogP contribution in [0.2, 0.25) is 5.02 Å². The first-order chi connectivity index (χ1) is 14.0. The summed E-state index contributed by atoms with van der Waals surface area (Å²) in [5.41, 5.74) is 2.62. The quantitative estimate of drug-likeness (QED) is 0.550. The van der Waals surface area contributed by atoms with Crippen LogP contribution in [0.5, 0.6) is 5.75 Å². The minimum atomic E-state index is -1.09. The summed E-state index contributed by atoms with van der Waals surface area (Å²) in [5, 5.41) is 9.87. The first-order valence-corrected chi connectivity index (χ1v) is 9.56. The Labute approximate surface area is 174 Å². The second kappa shape index (κ2) is 9.49. The number of nitrogens with zero attached hydrogens (tertiary/aromatic N) is 3. The largest absolute Gasteiger partial charge is 0.492 e. The molecule has 0 aliphatic carbocycles. The summed E-state index contributed by atoms with van der Waals surface area (Å²) in [7, 11) is 4.02. The zero-order valence-electron chi connectivity index (χ0n) is 16.3. The van der Waals surface area contributed by atoms with Gasteiger partial charge in [-0.25, -0.2) is 9.78 Å². The second-order valence-corrected chi connectivity index (χ2v) is 7.17. The van der Waals surface area contributed by atoms with E-state index in [-0.39, 0.29) is 5.69 Å². The van der Waals surface area contributed by atoms with Gasteiger partial charge in [-0.3, -0.25) is 4.98 Å². The van der Waals surface area contributed by atoms with E-state index in [2.05, 4.69) is 14.9 Å². The van der Waals surface area contributed by atoms with E-state index in [9.17, 15) is 9.90 Å². The molecule has 0 bridgehead atoms. The number of hydrogen-bond acceptors (Lipinski definition) is 5. The predicted octanol–water partition coefficient (Wildman–Crippen LogP) is 4.49. The van der Waals surface area contributed by atoms with Gasteiger partial charge in [0.15, 0.2) is 0 Å². The number of ether oxygens (including phenoxy) is 1. The molecule has 0 spiro atoms. The molecule has 0 aliphatic rings. The van der Waals surface area contributed by atoms with Gasteiger partial charge in [0.25, 0.3) is 0 Å². The zero-order chi connectivity index (χ0) is 20.8. The predicted molar refractivity (Wildman–Crippen MR) is 114 cm³/mol. The lowest BCUT2D eigenvalue weighted by Gasteiger charge is -2.14. The van der Waals surface area contributed by atoms with Crippen molar-refractivity contribution < 1.29 is 14.6 Å². The number of hydrogen-bond donors (Lipinski definition) is 1. The standard InChI is InChI=1S/C22H22ClN3O3/c1-26(2)12-5-13-29-20-14-15(7-9-17(20)23)21-16(18-6-3-4-11-24-18)8-10-19(25-21)22(27)28/h3-4,6-11,14H,5,12-13H2,1-2H3,(H,27,28). The lowest BCUT2D eigenvalue weighted by atomic mass is 10.0. The van der Waals surface area contributed by atoms with Crippen molar-refractivity contribution in [2.75, 3.05) is 27.2 Å². The fraction of sp³-hybridized carbons (Fsp3) is 0.227. The van der Waals surface area contributed by atoms with Crippen molar-refractivity contribution >= 4 is 17.6 Å². The molecule has 3 aromatic rings. The van der Waals surface area contributed by atoms with Crippen LogP contribution in [0.4, 0.5) is 0 Å².